The number of guanidine groups is 1. The van der Waals surface area contributed by atoms with Gasteiger partial charge in [-0.2, -0.15) is 0 Å². The Morgan fingerprint density at radius 2 is 1.96 bits per heavy atom. The molecule has 0 spiro atoms. The molecule has 0 radical (unpaired) electrons. The summed E-state index contributed by atoms with van der Waals surface area (Å²) in [5.74, 6) is 0.255. The lowest BCUT2D eigenvalue weighted by Crippen LogP contribution is -2.36. The van der Waals surface area contributed by atoms with Crippen LogP contribution in [0.2, 0.25) is 0 Å². The molecule has 0 aliphatic carbocycles. The van der Waals surface area contributed by atoms with E-state index in [4.69, 9.17) is 4.74 Å². The van der Waals surface area contributed by atoms with Crippen molar-refractivity contribution in [1.82, 2.24) is 5.32 Å². The molecular weight excluding hydrogens is 326 g/mol. The Morgan fingerprint density at radius 3 is 2.65 bits per heavy atom. The summed E-state index contributed by atoms with van der Waals surface area (Å²) in [4.78, 5) is 17.1. The molecule has 0 unspecified atom stereocenters. The summed E-state index contributed by atoms with van der Waals surface area (Å²) in [6.45, 7) is 5.45. The van der Waals surface area contributed by atoms with Crippen LogP contribution in [0.3, 0.4) is 0 Å². The van der Waals surface area contributed by atoms with E-state index in [2.05, 4.69) is 29.5 Å². The first-order valence-electron chi connectivity index (χ1n) is 8.98. The minimum Gasteiger partial charge on any atom is -0.376 e. The molecule has 1 aliphatic rings. The smallest absolute Gasteiger partial charge is 0.257 e. The van der Waals surface area contributed by atoms with E-state index < -0.39 is 0 Å². The first-order valence-corrected chi connectivity index (χ1v) is 8.98. The van der Waals surface area contributed by atoms with E-state index in [0.29, 0.717) is 18.1 Å². The third kappa shape index (κ3) is 4.92. The lowest BCUT2D eigenvalue weighted by Gasteiger charge is -2.14. The van der Waals surface area contributed by atoms with Gasteiger partial charge in [0.15, 0.2) is 0 Å². The number of ether oxygens (including phenoxy) is 1. The van der Waals surface area contributed by atoms with Crippen molar-refractivity contribution in [3.63, 3.8) is 0 Å². The van der Waals surface area contributed by atoms with Crippen LogP contribution in [0.15, 0.2) is 53.5 Å². The van der Waals surface area contributed by atoms with Crippen LogP contribution in [-0.4, -0.2) is 31.1 Å². The summed E-state index contributed by atoms with van der Waals surface area (Å²) < 4.78 is 5.63. The van der Waals surface area contributed by atoms with Gasteiger partial charge in [-0.05, 0) is 62.1 Å². The number of nitrogens with one attached hydrogen (secondary N) is 2. The fourth-order valence-electron chi connectivity index (χ4n) is 2.82. The largest absolute Gasteiger partial charge is 0.376 e. The van der Waals surface area contributed by atoms with Gasteiger partial charge in [0.05, 0.1) is 12.6 Å². The SMILES string of the molecule is Cc1ccc(NC(=NC[C@H]2CCCO2)NC(=O)c2ccccc2)cc1C. The Morgan fingerprint density at radius 1 is 1.15 bits per heavy atom. The number of benzene rings is 2. The summed E-state index contributed by atoms with van der Waals surface area (Å²) in [5, 5.41) is 6.12. The van der Waals surface area contributed by atoms with Crippen LogP contribution in [0.25, 0.3) is 0 Å². The molecule has 0 bridgehead atoms. The van der Waals surface area contributed by atoms with Gasteiger partial charge in [0.1, 0.15) is 0 Å². The number of carbonyl (C=O) groups is 1. The van der Waals surface area contributed by atoms with Gasteiger partial charge in [-0.3, -0.25) is 10.1 Å². The molecule has 0 saturated carbocycles. The molecular formula is C21H25N3O2. The monoisotopic (exact) mass is 351 g/mol. The Balaban J connectivity index is 1.75. The van der Waals surface area contributed by atoms with Crippen LogP contribution in [0.4, 0.5) is 5.69 Å². The maximum Gasteiger partial charge on any atom is 0.257 e. The van der Waals surface area contributed by atoms with Gasteiger partial charge in [0.2, 0.25) is 5.96 Å². The fraction of sp³-hybridized carbons (Fsp3) is 0.333. The Bertz CT molecular complexity index is 781. The van der Waals surface area contributed by atoms with Crippen molar-refractivity contribution < 1.29 is 9.53 Å². The first kappa shape index (κ1) is 18.1. The van der Waals surface area contributed by atoms with Crippen molar-refractivity contribution >= 4 is 17.6 Å². The fourth-order valence-corrected chi connectivity index (χ4v) is 2.82. The number of carbonyl (C=O) groups excluding carboxylic acids is 1. The molecule has 136 valence electrons. The highest BCUT2D eigenvalue weighted by Gasteiger charge is 2.16. The van der Waals surface area contributed by atoms with Gasteiger partial charge in [-0.1, -0.05) is 24.3 Å². The molecule has 3 rings (SSSR count). The predicted octanol–water partition coefficient (Wildman–Crippen LogP) is 3.68. The van der Waals surface area contributed by atoms with E-state index in [9.17, 15) is 4.79 Å². The van der Waals surface area contributed by atoms with E-state index >= 15 is 0 Å². The molecule has 5 nitrogen and oxygen atoms in total. The van der Waals surface area contributed by atoms with Crippen LogP contribution in [0, 0.1) is 13.8 Å². The molecule has 1 saturated heterocycles. The third-order valence-corrected chi connectivity index (χ3v) is 4.51. The van der Waals surface area contributed by atoms with Gasteiger partial charge in [-0.25, -0.2) is 4.99 Å². The Labute approximate surface area is 154 Å². The number of hydrogen-bond acceptors (Lipinski definition) is 3. The number of nitrogens with zero attached hydrogens (tertiary/aromatic N) is 1. The Kier molecular flexibility index (Phi) is 6.02. The molecule has 1 amide bonds. The summed E-state index contributed by atoms with van der Waals surface area (Å²) in [5.41, 5.74) is 3.90. The number of anilines is 1. The van der Waals surface area contributed by atoms with Gasteiger partial charge >= 0.3 is 0 Å². The van der Waals surface area contributed by atoms with Crippen LogP contribution < -0.4 is 10.6 Å². The van der Waals surface area contributed by atoms with E-state index in [1.807, 2.05) is 36.4 Å². The molecule has 1 heterocycles. The van der Waals surface area contributed by atoms with E-state index in [-0.39, 0.29) is 12.0 Å². The van der Waals surface area contributed by atoms with Crippen LogP contribution in [-0.2, 0) is 4.74 Å². The molecule has 26 heavy (non-hydrogen) atoms. The summed E-state index contributed by atoms with van der Waals surface area (Å²) in [6, 6.07) is 15.2. The highest BCUT2D eigenvalue weighted by Crippen LogP contribution is 2.15. The van der Waals surface area contributed by atoms with E-state index in [0.717, 1.165) is 25.1 Å². The molecule has 2 aromatic rings. The highest BCUT2D eigenvalue weighted by atomic mass is 16.5. The first-order chi connectivity index (χ1) is 12.6. The Hall–Kier alpha value is -2.66. The molecule has 5 heteroatoms. The van der Waals surface area contributed by atoms with Gasteiger partial charge in [0, 0.05) is 17.9 Å². The summed E-state index contributed by atoms with van der Waals surface area (Å²) in [6.07, 6.45) is 2.20. The number of rotatable bonds is 4. The summed E-state index contributed by atoms with van der Waals surface area (Å²) >= 11 is 0. The molecule has 2 N–H and O–H groups in total. The van der Waals surface area contributed by atoms with Crippen molar-refractivity contribution in [2.45, 2.75) is 32.8 Å². The lowest BCUT2D eigenvalue weighted by molar-refractivity contribution is 0.0975. The highest BCUT2D eigenvalue weighted by molar-refractivity contribution is 6.09. The quantitative estimate of drug-likeness (QED) is 0.652. The van der Waals surface area contributed by atoms with Crippen LogP contribution >= 0.6 is 0 Å². The molecule has 1 atom stereocenters. The maximum atomic E-state index is 12.5. The van der Waals surface area contributed by atoms with Crippen molar-refractivity contribution in [2.75, 3.05) is 18.5 Å². The second-order valence-corrected chi connectivity index (χ2v) is 6.57. The van der Waals surface area contributed by atoms with E-state index in [1.54, 1.807) is 12.1 Å². The lowest BCUT2D eigenvalue weighted by atomic mass is 10.1. The van der Waals surface area contributed by atoms with Crippen molar-refractivity contribution in [3.8, 4) is 0 Å². The number of aliphatic imine (C=N–C) groups is 1. The topological polar surface area (TPSA) is 62.7 Å². The summed E-state index contributed by atoms with van der Waals surface area (Å²) in [7, 11) is 0. The van der Waals surface area contributed by atoms with Crippen molar-refractivity contribution in [2.24, 2.45) is 4.99 Å². The molecule has 1 aliphatic heterocycles. The maximum absolute atomic E-state index is 12.5. The van der Waals surface area contributed by atoms with Crippen molar-refractivity contribution in [3.05, 3.63) is 65.2 Å². The second kappa shape index (κ2) is 8.63. The average molecular weight is 351 g/mol. The zero-order valence-corrected chi connectivity index (χ0v) is 15.3. The number of hydrogen-bond donors (Lipinski definition) is 2. The minimum absolute atomic E-state index is 0.125. The predicted molar refractivity (Wildman–Crippen MR) is 105 cm³/mol. The number of aryl methyl sites for hydroxylation is 2. The molecule has 2 aromatic carbocycles. The van der Waals surface area contributed by atoms with Crippen molar-refractivity contribution in [1.29, 1.82) is 0 Å². The van der Waals surface area contributed by atoms with Crippen LogP contribution in [0.5, 0.6) is 0 Å². The van der Waals surface area contributed by atoms with Gasteiger partial charge in [0.25, 0.3) is 5.91 Å². The average Bonchev–Trinajstić information content (AvgIpc) is 3.17. The van der Waals surface area contributed by atoms with Crippen LogP contribution in [0.1, 0.15) is 34.3 Å². The normalized spacial score (nSPS) is 17.2. The second-order valence-electron chi connectivity index (χ2n) is 6.57. The molecule has 0 aromatic heterocycles. The van der Waals surface area contributed by atoms with E-state index in [1.165, 1.54) is 11.1 Å². The zero-order valence-electron chi connectivity index (χ0n) is 15.3. The van der Waals surface area contributed by atoms with Gasteiger partial charge < -0.3 is 10.1 Å². The number of amides is 1. The zero-order chi connectivity index (χ0) is 18.4. The standard InChI is InChI=1S/C21H25N3O2/c1-15-10-11-18(13-16(15)2)23-21(22-14-19-9-6-12-26-19)24-20(25)17-7-4-3-5-8-17/h3-5,7-8,10-11,13,19H,6,9,12,14H2,1-2H3,(H2,22,23,24,25)/t19-/m1/s1. The third-order valence-electron chi connectivity index (χ3n) is 4.51. The van der Waals surface area contributed by atoms with Gasteiger partial charge in [-0.15, -0.1) is 0 Å². The molecule has 1 fully saturated rings. The minimum atomic E-state index is -0.187.